The van der Waals surface area contributed by atoms with Gasteiger partial charge >= 0.3 is 0 Å². The standard InChI is InChI=1S/C18H21NO4/c1-3-23-16-6-4-5-14(18(16)22)11-19-12(2)17(21)13-7-9-15(20)10-8-13/h4-12,17,20-22H,3H2,1-2H3/t12-,17-/m1/s1. The van der Waals surface area contributed by atoms with Crippen LogP contribution in [-0.2, 0) is 0 Å². The number of phenolic OH excluding ortho intramolecular Hbond substituents is 2. The third kappa shape index (κ3) is 4.23. The Bertz CT molecular complexity index is 667. The number of aliphatic hydroxyl groups is 1. The second-order valence-electron chi connectivity index (χ2n) is 5.18. The molecule has 2 atom stereocenters. The van der Waals surface area contributed by atoms with E-state index in [0.717, 1.165) is 0 Å². The zero-order valence-corrected chi connectivity index (χ0v) is 13.2. The summed E-state index contributed by atoms with van der Waals surface area (Å²) in [6.07, 6.45) is 0.718. The number of aromatic hydroxyl groups is 2. The fraction of sp³-hybridized carbons (Fsp3) is 0.278. The number of aliphatic hydroxyl groups excluding tert-OH is 1. The van der Waals surface area contributed by atoms with Crippen LogP contribution in [0.15, 0.2) is 47.5 Å². The number of hydrogen-bond donors (Lipinski definition) is 3. The molecule has 0 bridgehead atoms. The van der Waals surface area contributed by atoms with Gasteiger partial charge in [0.1, 0.15) is 11.9 Å². The van der Waals surface area contributed by atoms with Crippen LogP contribution < -0.4 is 4.74 Å². The predicted molar refractivity (Wildman–Crippen MR) is 89.4 cm³/mol. The first-order valence-corrected chi connectivity index (χ1v) is 7.48. The van der Waals surface area contributed by atoms with Crippen LogP contribution in [0.5, 0.6) is 17.2 Å². The smallest absolute Gasteiger partial charge is 0.166 e. The van der Waals surface area contributed by atoms with Gasteiger partial charge in [-0.1, -0.05) is 18.2 Å². The van der Waals surface area contributed by atoms with Gasteiger partial charge in [-0.2, -0.15) is 0 Å². The fourth-order valence-corrected chi connectivity index (χ4v) is 2.14. The zero-order valence-electron chi connectivity index (χ0n) is 13.2. The molecular formula is C18H21NO4. The van der Waals surface area contributed by atoms with Crippen LogP contribution in [0.4, 0.5) is 0 Å². The highest BCUT2D eigenvalue weighted by Gasteiger charge is 2.15. The van der Waals surface area contributed by atoms with Crippen molar-refractivity contribution in [3.8, 4) is 17.2 Å². The van der Waals surface area contributed by atoms with E-state index >= 15 is 0 Å². The van der Waals surface area contributed by atoms with Crippen molar-refractivity contribution in [3.63, 3.8) is 0 Å². The first kappa shape index (κ1) is 16.8. The van der Waals surface area contributed by atoms with Crippen LogP contribution in [0, 0.1) is 0 Å². The number of benzene rings is 2. The molecule has 2 rings (SSSR count). The largest absolute Gasteiger partial charge is 0.508 e. The Morgan fingerprint density at radius 2 is 1.83 bits per heavy atom. The summed E-state index contributed by atoms with van der Waals surface area (Å²) >= 11 is 0. The van der Waals surface area contributed by atoms with Crippen molar-refractivity contribution in [1.82, 2.24) is 0 Å². The first-order valence-electron chi connectivity index (χ1n) is 7.48. The van der Waals surface area contributed by atoms with Crippen LogP contribution in [0.1, 0.15) is 31.1 Å². The molecule has 0 aromatic heterocycles. The van der Waals surface area contributed by atoms with E-state index in [9.17, 15) is 15.3 Å². The molecule has 0 radical (unpaired) electrons. The molecule has 0 aliphatic heterocycles. The van der Waals surface area contributed by atoms with E-state index < -0.39 is 12.1 Å². The molecule has 0 unspecified atom stereocenters. The van der Waals surface area contributed by atoms with E-state index in [4.69, 9.17) is 4.74 Å². The Hall–Kier alpha value is -2.53. The monoisotopic (exact) mass is 315 g/mol. The van der Waals surface area contributed by atoms with Gasteiger partial charge in [-0.05, 0) is 43.7 Å². The number of aliphatic imine (C=N–C) groups is 1. The number of para-hydroxylation sites is 1. The molecule has 5 nitrogen and oxygen atoms in total. The first-order chi connectivity index (χ1) is 11.0. The Morgan fingerprint density at radius 1 is 1.13 bits per heavy atom. The molecule has 0 saturated heterocycles. The highest BCUT2D eigenvalue weighted by atomic mass is 16.5. The normalized spacial score (nSPS) is 13.9. The molecule has 0 aliphatic carbocycles. The van der Waals surface area contributed by atoms with E-state index in [1.54, 1.807) is 37.3 Å². The van der Waals surface area contributed by atoms with Crippen LogP contribution in [0.25, 0.3) is 0 Å². The van der Waals surface area contributed by atoms with Gasteiger partial charge in [-0.3, -0.25) is 4.99 Å². The summed E-state index contributed by atoms with van der Waals surface area (Å²) in [6, 6.07) is 11.1. The van der Waals surface area contributed by atoms with Gasteiger partial charge in [0.15, 0.2) is 11.5 Å². The molecular weight excluding hydrogens is 294 g/mol. The van der Waals surface area contributed by atoms with E-state index in [-0.39, 0.29) is 11.5 Å². The third-order valence-corrected chi connectivity index (χ3v) is 3.47. The number of hydrogen-bond acceptors (Lipinski definition) is 5. The number of phenols is 2. The van der Waals surface area contributed by atoms with Gasteiger partial charge < -0.3 is 20.1 Å². The van der Waals surface area contributed by atoms with Crippen LogP contribution in [0.2, 0.25) is 0 Å². The number of ether oxygens (including phenoxy) is 1. The molecule has 0 spiro atoms. The highest BCUT2D eigenvalue weighted by molar-refractivity contribution is 5.84. The minimum absolute atomic E-state index is 0.0319. The van der Waals surface area contributed by atoms with Gasteiger partial charge in [0.05, 0.1) is 12.6 Å². The quantitative estimate of drug-likeness (QED) is 0.716. The van der Waals surface area contributed by atoms with Crippen molar-refractivity contribution in [2.24, 2.45) is 4.99 Å². The maximum absolute atomic E-state index is 10.3. The van der Waals surface area contributed by atoms with Gasteiger partial charge in [-0.25, -0.2) is 0 Å². The van der Waals surface area contributed by atoms with Gasteiger partial charge in [0.25, 0.3) is 0 Å². The van der Waals surface area contributed by atoms with Crippen LogP contribution >= 0.6 is 0 Å². The van der Waals surface area contributed by atoms with Crippen LogP contribution in [0.3, 0.4) is 0 Å². The summed E-state index contributed by atoms with van der Waals surface area (Å²) in [5.74, 6) is 0.586. The average Bonchev–Trinajstić information content (AvgIpc) is 2.55. The molecule has 122 valence electrons. The van der Waals surface area contributed by atoms with Crippen LogP contribution in [-0.4, -0.2) is 34.2 Å². The molecule has 2 aromatic rings. The minimum Gasteiger partial charge on any atom is -0.508 e. The summed E-state index contributed by atoms with van der Waals surface area (Å²) in [4.78, 5) is 4.30. The van der Waals surface area contributed by atoms with E-state index in [1.807, 2.05) is 6.92 Å². The van der Waals surface area contributed by atoms with Gasteiger partial charge in [0.2, 0.25) is 0 Å². The average molecular weight is 315 g/mol. The maximum atomic E-state index is 10.3. The lowest BCUT2D eigenvalue weighted by Crippen LogP contribution is -2.12. The summed E-state index contributed by atoms with van der Waals surface area (Å²) < 4.78 is 5.33. The lowest BCUT2D eigenvalue weighted by molar-refractivity contribution is 0.154. The van der Waals surface area contributed by atoms with Crippen molar-refractivity contribution in [2.45, 2.75) is 26.0 Å². The molecule has 0 saturated carbocycles. The second-order valence-corrected chi connectivity index (χ2v) is 5.18. The van der Waals surface area contributed by atoms with Crippen molar-refractivity contribution in [3.05, 3.63) is 53.6 Å². The fourth-order valence-electron chi connectivity index (χ4n) is 2.14. The third-order valence-electron chi connectivity index (χ3n) is 3.47. The van der Waals surface area contributed by atoms with E-state index in [0.29, 0.717) is 23.5 Å². The molecule has 23 heavy (non-hydrogen) atoms. The van der Waals surface area contributed by atoms with Crippen molar-refractivity contribution in [2.75, 3.05) is 6.61 Å². The van der Waals surface area contributed by atoms with Crippen molar-refractivity contribution in [1.29, 1.82) is 0 Å². The molecule has 2 aromatic carbocycles. The maximum Gasteiger partial charge on any atom is 0.166 e. The summed E-state index contributed by atoms with van der Waals surface area (Å²) in [5.41, 5.74) is 1.19. The summed E-state index contributed by atoms with van der Waals surface area (Å²) in [5, 5.41) is 29.7. The Balaban J connectivity index is 2.13. The lowest BCUT2D eigenvalue weighted by atomic mass is 10.0. The molecule has 0 amide bonds. The molecule has 0 heterocycles. The predicted octanol–water partition coefficient (Wildman–Crippen LogP) is 3.04. The minimum atomic E-state index is -0.802. The topological polar surface area (TPSA) is 82.3 Å². The Morgan fingerprint density at radius 3 is 2.48 bits per heavy atom. The second kappa shape index (κ2) is 7.65. The van der Waals surface area contributed by atoms with E-state index in [1.165, 1.54) is 18.3 Å². The SMILES string of the molecule is CCOc1cccc(C=N[C@H](C)[C@@H](O)c2ccc(O)cc2)c1O. The molecule has 3 N–H and O–H groups in total. The number of nitrogens with zero attached hydrogens (tertiary/aromatic N) is 1. The summed E-state index contributed by atoms with van der Waals surface area (Å²) in [6.45, 7) is 4.08. The summed E-state index contributed by atoms with van der Waals surface area (Å²) in [7, 11) is 0. The van der Waals surface area contributed by atoms with Gasteiger partial charge in [-0.15, -0.1) is 0 Å². The lowest BCUT2D eigenvalue weighted by Gasteiger charge is -2.15. The Kier molecular flexibility index (Phi) is 5.60. The Labute approximate surface area is 135 Å². The van der Waals surface area contributed by atoms with E-state index in [2.05, 4.69) is 4.99 Å². The van der Waals surface area contributed by atoms with Gasteiger partial charge in [0, 0.05) is 11.8 Å². The molecule has 0 aliphatic rings. The highest BCUT2D eigenvalue weighted by Crippen LogP contribution is 2.29. The molecule has 5 heteroatoms. The van der Waals surface area contributed by atoms with Crippen molar-refractivity contribution < 1.29 is 20.1 Å². The van der Waals surface area contributed by atoms with Crippen molar-refractivity contribution >= 4 is 6.21 Å². The molecule has 0 fully saturated rings. The zero-order chi connectivity index (χ0) is 16.8. The number of rotatable bonds is 6.